The molecule has 0 aliphatic rings. The average Bonchev–Trinajstić information content (AvgIpc) is 2.91. The summed E-state index contributed by atoms with van der Waals surface area (Å²) >= 11 is 1.37. The molecule has 132 valence electrons. The first-order valence-corrected chi connectivity index (χ1v) is 9.11. The lowest BCUT2D eigenvalue weighted by atomic mass is 9.90. The molecule has 0 aliphatic carbocycles. The van der Waals surface area contributed by atoms with Gasteiger partial charge in [-0.2, -0.15) is 0 Å². The normalized spacial score (nSPS) is 10.7. The third-order valence-corrected chi connectivity index (χ3v) is 5.52. The zero-order valence-electron chi connectivity index (χ0n) is 14.7. The van der Waals surface area contributed by atoms with E-state index in [1.807, 2.05) is 74.5 Å². The third-order valence-electron chi connectivity index (χ3n) is 4.40. The summed E-state index contributed by atoms with van der Waals surface area (Å²) in [5, 5.41) is 3.44. The number of hydrogen-bond donors (Lipinski definition) is 2. The van der Waals surface area contributed by atoms with Gasteiger partial charge >= 0.3 is 0 Å². The maximum Gasteiger partial charge on any atom is 0.251 e. The van der Waals surface area contributed by atoms with Gasteiger partial charge in [0, 0.05) is 4.88 Å². The summed E-state index contributed by atoms with van der Waals surface area (Å²) in [5.41, 5.74) is 8.50. The van der Waals surface area contributed by atoms with Crippen molar-refractivity contribution in [2.75, 3.05) is 5.32 Å². The first-order valence-electron chi connectivity index (χ1n) is 8.29. The number of nitrogens with two attached hydrogens (primary N) is 1. The highest BCUT2D eigenvalue weighted by atomic mass is 32.1. The van der Waals surface area contributed by atoms with E-state index in [0.717, 1.165) is 21.6 Å². The molecule has 0 spiro atoms. The van der Waals surface area contributed by atoms with Gasteiger partial charge in [-0.3, -0.25) is 9.59 Å². The minimum absolute atomic E-state index is 0.189. The number of benzene rings is 2. The molecule has 0 radical (unpaired) electrons. The highest BCUT2D eigenvalue weighted by Crippen LogP contribution is 2.34. The van der Waals surface area contributed by atoms with Crippen LogP contribution in [0.5, 0.6) is 0 Å². The number of anilines is 1. The minimum atomic E-state index is -0.530. The molecule has 1 heterocycles. The van der Waals surface area contributed by atoms with Gasteiger partial charge in [0.1, 0.15) is 5.00 Å². The minimum Gasteiger partial charge on any atom is -0.365 e. The smallest absolute Gasteiger partial charge is 0.251 e. The quantitative estimate of drug-likeness (QED) is 0.711. The van der Waals surface area contributed by atoms with E-state index in [4.69, 9.17) is 5.73 Å². The highest BCUT2D eigenvalue weighted by molar-refractivity contribution is 7.16. The summed E-state index contributed by atoms with van der Waals surface area (Å²) in [6.45, 7) is 3.75. The molecule has 3 N–H and O–H groups in total. The fraction of sp³-hybridized carbons (Fsp3) is 0.143. The number of primary amides is 1. The van der Waals surface area contributed by atoms with E-state index in [2.05, 4.69) is 5.32 Å². The molecule has 0 aliphatic heterocycles. The maximum atomic E-state index is 13.2. The van der Waals surface area contributed by atoms with Crippen LogP contribution in [0.25, 0.3) is 0 Å². The Balaban J connectivity index is 2.00. The van der Waals surface area contributed by atoms with Crippen molar-refractivity contribution in [1.82, 2.24) is 0 Å². The summed E-state index contributed by atoms with van der Waals surface area (Å²) in [5.74, 6) is -1.19. The van der Waals surface area contributed by atoms with Crippen molar-refractivity contribution in [2.45, 2.75) is 19.8 Å². The lowest BCUT2D eigenvalue weighted by molar-refractivity contribution is -0.116. The molecule has 2 amide bonds. The molecule has 0 atom stereocenters. The summed E-state index contributed by atoms with van der Waals surface area (Å²) in [6.07, 6.45) is 0. The number of hydrogen-bond acceptors (Lipinski definition) is 3. The molecule has 0 bridgehead atoms. The van der Waals surface area contributed by atoms with Gasteiger partial charge < -0.3 is 11.1 Å². The molecule has 2 aromatic carbocycles. The van der Waals surface area contributed by atoms with Gasteiger partial charge in [0.2, 0.25) is 5.91 Å². The van der Waals surface area contributed by atoms with E-state index >= 15 is 0 Å². The number of thiophene rings is 1. The Morgan fingerprint density at radius 3 is 1.88 bits per heavy atom. The van der Waals surface area contributed by atoms with E-state index < -0.39 is 11.8 Å². The lowest BCUT2D eigenvalue weighted by Gasteiger charge is -2.17. The summed E-state index contributed by atoms with van der Waals surface area (Å²) in [7, 11) is 0. The van der Waals surface area contributed by atoms with Crippen LogP contribution in [0.15, 0.2) is 60.7 Å². The van der Waals surface area contributed by atoms with Crippen molar-refractivity contribution in [3.63, 3.8) is 0 Å². The Bertz CT molecular complexity index is 894. The van der Waals surface area contributed by atoms with E-state index in [0.29, 0.717) is 10.6 Å². The first kappa shape index (κ1) is 17.9. The van der Waals surface area contributed by atoms with Crippen molar-refractivity contribution < 1.29 is 9.59 Å². The molecule has 3 rings (SSSR count). The predicted octanol–water partition coefficient (Wildman–Crippen LogP) is 4.23. The zero-order valence-corrected chi connectivity index (χ0v) is 15.5. The van der Waals surface area contributed by atoms with E-state index in [-0.39, 0.29) is 5.91 Å². The van der Waals surface area contributed by atoms with Gasteiger partial charge in [0.25, 0.3) is 5.91 Å². The van der Waals surface area contributed by atoms with Crippen LogP contribution in [0.3, 0.4) is 0 Å². The Hall–Kier alpha value is -2.92. The molecule has 0 saturated heterocycles. The van der Waals surface area contributed by atoms with Crippen molar-refractivity contribution in [3.05, 3.63) is 87.8 Å². The molecule has 0 unspecified atom stereocenters. The Morgan fingerprint density at radius 1 is 0.923 bits per heavy atom. The average molecular weight is 364 g/mol. The third kappa shape index (κ3) is 3.53. The predicted molar refractivity (Wildman–Crippen MR) is 106 cm³/mol. The Labute approximate surface area is 156 Å². The van der Waals surface area contributed by atoms with Crippen LogP contribution in [-0.4, -0.2) is 11.8 Å². The van der Waals surface area contributed by atoms with E-state index in [1.54, 1.807) is 0 Å². The zero-order chi connectivity index (χ0) is 18.7. The lowest BCUT2D eigenvalue weighted by Crippen LogP contribution is -2.23. The maximum absolute atomic E-state index is 13.2. The van der Waals surface area contributed by atoms with Gasteiger partial charge in [-0.15, -0.1) is 11.3 Å². The first-order chi connectivity index (χ1) is 12.5. The number of nitrogens with one attached hydrogen (secondary N) is 1. The van der Waals surface area contributed by atoms with Crippen LogP contribution >= 0.6 is 11.3 Å². The second-order valence-corrected chi connectivity index (χ2v) is 7.32. The molecule has 26 heavy (non-hydrogen) atoms. The van der Waals surface area contributed by atoms with Crippen molar-refractivity contribution in [1.29, 1.82) is 0 Å². The van der Waals surface area contributed by atoms with Crippen molar-refractivity contribution in [3.8, 4) is 0 Å². The number of rotatable bonds is 5. The standard InChI is InChI=1S/C21H20N2O2S/c1-13-14(2)26-21(17(13)19(22)24)23-20(25)18(15-9-5-3-6-10-15)16-11-7-4-8-12-16/h3-12,18H,1-2H3,(H2,22,24)(H,23,25). The van der Waals surface area contributed by atoms with E-state index in [9.17, 15) is 9.59 Å². The molecule has 5 heteroatoms. The largest absolute Gasteiger partial charge is 0.365 e. The number of amides is 2. The van der Waals surface area contributed by atoms with Crippen LogP contribution < -0.4 is 11.1 Å². The second-order valence-electron chi connectivity index (χ2n) is 6.10. The number of carbonyl (C=O) groups excluding carboxylic acids is 2. The van der Waals surface area contributed by atoms with Gasteiger partial charge in [-0.05, 0) is 30.5 Å². The monoisotopic (exact) mass is 364 g/mol. The SMILES string of the molecule is Cc1sc(NC(=O)C(c2ccccc2)c2ccccc2)c(C(N)=O)c1C. The Morgan fingerprint density at radius 2 is 1.42 bits per heavy atom. The van der Waals surface area contributed by atoms with E-state index in [1.165, 1.54) is 11.3 Å². The highest BCUT2D eigenvalue weighted by Gasteiger charge is 2.26. The molecule has 4 nitrogen and oxygen atoms in total. The fourth-order valence-electron chi connectivity index (χ4n) is 2.98. The molecule has 0 saturated carbocycles. The van der Waals surface area contributed by atoms with Gasteiger partial charge in [-0.1, -0.05) is 60.7 Å². The van der Waals surface area contributed by atoms with Gasteiger partial charge in [0.05, 0.1) is 11.5 Å². The van der Waals surface area contributed by atoms with Crippen LogP contribution in [0.2, 0.25) is 0 Å². The van der Waals surface area contributed by atoms with Gasteiger partial charge in [-0.25, -0.2) is 0 Å². The summed E-state index contributed by atoms with van der Waals surface area (Å²) in [4.78, 5) is 25.9. The molecule has 0 fully saturated rings. The Kier molecular flexibility index (Phi) is 5.19. The molecule has 3 aromatic rings. The van der Waals surface area contributed by atoms with Crippen LogP contribution in [0, 0.1) is 13.8 Å². The van der Waals surface area contributed by atoms with Crippen LogP contribution in [0.1, 0.15) is 37.8 Å². The summed E-state index contributed by atoms with van der Waals surface area (Å²) in [6, 6.07) is 19.2. The fourth-order valence-corrected chi connectivity index (χ4v) is 4.05. The van der Waals surface area contributed by atoms with Gasteiger partial charge in [0.15, 0.2) is 0 Å². The van der Waals surface area contributed by atoms with Crippen LogP contribution in [-0.2, 0) is 4.79 Å². The topological polar surface area (TPSA) is 72.2 Å². The second kappa shape index (κ2) is 7.54. The molecular weight excluding hydrogens is 344 g/mol. The number of aryl methyl sites for hydroxylation is 1. The van der Waals surface area contributed by atoms with Crippen LogP contribution in [0.4, 0.5) is 5.00 Å². The summed E-state index contributed by atoms with van der Waals surface area (Å²) < 4.78 is 0. The van der Waals surface area contributed by atoms with Crippen molar-refractivity contribution >= 4 is 28.2 Å². The number of carbonyl (C=O) groups is 2. The van der Waals surface area contributed by atoms with Crippen molar-refractivity contribution in [2.24, 2.45) is 5.73 Å². The molecular formula is C21H20N2O2S. The molecule has 1 aromatic heterocycles.